The topological polar surface area (TPSA) is 61.4 Å². The minimum absolute atomic E-state index is 0.0692. The molecule has 0 aliphatic carbocycles. The molecule has 2 aliphatic heterocycles. The van der Waals surface area contributed by atoms with Gasteiger partial charge in [0.25, 0.3) is 5.91 Å². The number of hydrogen-bond donors (Lipinski definition) is 2. The molecule has 2 unspecified atom stereocenters. The first-order chi connectivity index (χ1) is 12.3. The van der Waals surface area contributed by atoms with E-state index in [2.05, 4.69) is 10.6 Å². The highest BCUT2D eigenvalue weighted by atomic mass is 19.4. The van der Waals surface area contributed by atoms with E-state index in [1.54, 1.807) is 0 Å². The smallest absolute Gasteiger partial charge is 0.349 e. The summed E-state index contributed by atoms with van der Waals surface area (Å²) in [6.07, 6.45) is -2.95. The van der Waals surface area contributed by atoms with Crippen molar-refractivity contribution in [1.29, 1.82) is 0 Å². The Morgan fingerprint density at radius 1 is 1.31 bits per heavy atom. The molecule has 2 saturated heterocycles. The highest BCUT2D eigenvalue weighted by Crippen LogP contribution is 2.34. The minimum Gasteiger partial charge on any atom is -0.349 e. The van der Waals surface area contributed by atoms with E-state index < -0.39 is 17.6 Å². The Hall–Kier alpha value is -2.09. The first-order valence-electron chi connectivity index (χ1n) is 8.80. The maximum atomic E-state index is 13.3. The number of anilines is 1. The fourth-order valence-corrected chi connectivity index (χ4v) is 3.46. The van der Waals surface area contributed by atoms with Crippen molar-refractivity contribution >= 4 is 17.5 Å². The fourth-order valence-electron chi connectivity index (χ4n) is 3.46. The molecule has 1 aromatic rings. The lowest BCUT2D eigenvalue weighted by Crippen LogP contribution is -2.48. The van der Waals surface area contributed by atoms with Crippen LogP contribution in [0.4, 0.5) is 18.9 Å². The van der Waals surface area contributed by atoms with Crippen LogP contribution >= 0.6 is 0 Å². The van der Waals surface area contributed by atoms with E-state index in [0.717, 1.165) is 31.6 Å². The van der Waals surface area contributed by atoms with E-state index in [1.165, 1.54) is 11.0 Å². The summed E-state index contributed by atoms with van der Waals surface area (Å²) in [4.78, 5) is 25.8. The van der Waals surface area contributed by atoms with Crippen molar-refractivity contribution in [2.75, 3.05) is 24.5 Å². The quantitative estimate of drug-likeness (QED) is 0.861. The van der Waals surface area contributed by atoms with Gasteiger partial charge in [0.05, 0.1) is 5.56 Å². The summed E-state index contributed by atoms with van der Waals surface area (Å²) in [5.74, 6) is -0.566. The zero-order valence-corrected chi connectivity index (χ0v) is 14.5. The predicted octanol–water partition coefficient (Wildman–Crippen LogP) is 2.56. The number of halogens is 3. The summed E-state index contributed by atoms with van der Waals surface area (Å²) in [5.41, 5.74) is -0.857. The molecule has 2 amide bonds. The molecule has 0 radical (unpaired) electrons. The van der Waals surface area contributed by atoms with E-state index in [1.807, 2.05) is 6.92 Å². The maximum absolute atomic E-state index is 13.3. The van der Waals surface area contributed by atoms with E-state index in [4.69, 9.17) is 0 Å². The number of nitrogens with one attached hydrogen (secondary N) is 2. The monoisotopic (exact) mass is 369 g/mol. The van der Waals surface area contributed by atoms with Crippen molar-refractivity contribution in [2.45, 2.75) is 38.4 Å². The third-order valence-electron chi connectivity index (χ3n) is 4.99. The number of alkyl halides is 3. The van der Waals surface area contributed by atoms with Crippen LogP contribution in [-0.2, 0) is 11.0 Å². The molecule has 0 saturated carbocycles. The average Bonchev–Trinajstić information content (AvgIpc) is 3.02. The van der Waals surface area contributed by atoms with Crippen molar-refractivity contribution < 1.29 is 22.8 Å². The molecule has 3 rings (SSSR count). The molecule has 0 bridgehead atoms. The highest BCUT2D eigenvalue weighted by Gasteiger charge is 2.34. The van der Waals surface area contributed by atoms with Crippen LogP contribution in [0.3, 0.4) is 0 Å². The molecular weight excluding hydrogens is 347 g/mol. The first-order valence-corrected chi connectivity index (χ1v) is 8.80. The summed E-state index contributed by atoms with van der Waals surface area (Å²) < 4.78 is 39.8. The van der Waals surface area contributed by atoms with E-state index in [9.17, 15) is 22.8 Å². The van der Waals surface area contributed by atoms with Crippen molar-refractivity contribution in [3.05, 3.63) is 29.3 Å². The Labute approximate surface area is 149 Å². The standard InChI is InChI=1S/C18H22F3N3O2/c1-11-10-22-5-4-15(11)23-17(26)12-7-13(18(19,20)21)9-14(8-12)24-6-2-3-16(24)25/h7-9,11,15,22H,2-6,10H2,1H3,(H,23,26). The molecule has 0 spiro atoms. The van der Waals surface area contributed by atoms with Crippen molar-refractivity contribution in [3.63, 3.8) is 0 Å². The van der Waals surface area contributed by atoms with Gasteiger partial charge in [0.1, 0.15) is 0 Å². The lowest BCUT2D eigenvalue weighted by atomic mass is 9.95. The molecule has 0 aromatic heterocycles. The second-order valence-electron chi connectivity index (χ2n) is 6.97. The van der Waals surface area contributed by atoms with E-state index in [-0.39, 0.29) is 29.1 Å². The molecule has 2 N–H and O–H groups in total. The SMILES string of the molecule is CC1CNCCC1NC(=O)c1cc(N2CCCC2=O)cc(C(F)(F)F)c1. The van der Waals surface area contributed by atoms with Crippen molar-refractivity contribution in [2.24, 2.45) is 5.92 Å². The van der Waals surface area contributed by atoms with E-state index >= 15 is 0 Å². The summed E-state index contributed by atoms with van der Waals surface area (Å²) >= 11 is 0. The van der Waals surface area contributed by atoms with Crippen molar-refractivity contribution in [1.82, 2.24) is 10.6 Å². The van der Waals surface area contributed by atoms with Crippen LogP contribution in [0.5, 0.6) is 0 Å². The predicted molar refractivity (Wildman–Crippen MR) is 90.9 cm³/mol. The summed E-state index contributed by atoms with van der Waals surface area (Å²) in [6.45, 7) is 3.86. The lowest BCUT2D eigenvalue weighted by molar-refractivity contribution is -0.137. The van der Waals surface area contributed by atoms with Gasteiger partial charge in [-0.15, -0.1) is 0 Å². The van der Waals surface area contributed by atoms with Crippen molar-refractivity contribution in [3.8, 4) is 0 Å². The number of carbonyl (C=O) groups excluding carboxylic acids is 2. The first kappa shape index (κ1) is 18.7. The Balaban J connectivity index is 1.89. The van der Waals surface area contributed by atoms with Gasteiger partial charge in [-0.05, 0) is 50.0 Å². The third kappa shape index (κ3) is 4.00. The molecule has 5 nitrogen and oxygen atoms in total. The second kappa shape index (κ2) is 7.26. The molecule has 2 aliphatic rings. The number of carbonyl (C=O) groups is 2. The van der Waals surface area contributed by atoms with Gasteiger partial charge in [0.15, 0.2) is 0 Å². The number of piperidine rings is 1. The zero-order valence-electron chi connectivity index (χ0n) is 14.5. The fraction of sp³-hybridized carbons (Fsp3) is 0.556. The summed E-state index contributed by atoms with van der Waals surface area (Å²) in [7, 11) is 0. The Morgan fingerprint density at radius 2 is 2.08 bits per heavy atom. The van der Waals surface area contributed by atoms with Crippen LogP contribution in [0.2, 0.25) is 0 Å². The number of hydrogen-bond acceptors (Lipinski definition) is 3. The largest absolute Gasteiger partial charge is 0.416 e. The van der Waals surface area contributed by atoms with Crippen LogP contribution in [0.25, 0.3) is 0 Å². The molecule has 142 valence electrons. The van der Waals surface area contributed by atoms with Gasteiger partial charge in [0.2, 0.25) is 5.91 Å². The Bertz CT molecular complexity index is 705. The molecule has 1 aromatic carbocycles. The van der Waals surface area contributed by atoms with Gasteiger partial charge >= 0.3 is 6.18 Å². The average molecular weight is 369 g/mol. The van der Waals surface area contributed by atoms with Crippen LogP contribution < -0.4 is 15.5 Å². The maximum Gasteiger partial charge on any atom is 0.416 e. The molecule has 2 atom stereocenters. The summed E-state index contributed by atoms with van der Waals surface area (Å²) in [6, 6.07) is 3.08. The van der Waals surface area contributed by atoms with Gasteiger partial charge in [-0.3, -0.25) is 9.59 Å². The van der Waals surface area contributed by atoms with Gasteiger partial charge in [-0.25, -0.2) is 0 Å². The number of amides is 2. The molecule has 2 fully saturated rings. The lowest BCUT2D eigenvalue weighted by Gasteiger charge is -2.30. The zero-order chi connectivity index (χ0) is 18.9. The van der Waals surface area contributed by atoms with E-state index in [0.29, 0.717) is 19.4 Å². The second-order valence-corrected chi connectivity index (χ2v) is 6.97. The van der Waals surface area contributed by atoms with Gasteiger partial charge in [-0.2, -0.15) is 13.2 Å². The molecular formula is C18H22F3N3O2. The van der Waals surface area contributed by atoms with Crippen LogP contribution in [0.15, 0.2) is 18.2 Å². The summed E-state index contributed by atoms with van der Waals surface area (Å²) in [5, 5.41) is 6.06. The van der Waals surface area contributed by atoms with Crippen LogP contribution in [0, 0.1) is 5.92 Å². The molecule has 2 heterocycles. The highest BCUT2D eigenvalue weighted by molar-refractivity contribution is 5.99. The number of benzene rings is 1. The van der Waals surface area contributed by atoms with Crippen LogP contribution in [-0.4, -0.2) is 37.5 Å². The molecule has 26 heavy (non-hydrogen) atoms. The normalized spacial score (nSPS) is 24.0. The Morgan fingerprint density at radius 3 is 2.69 bits per heavy atom. The number of rotatable bonds is 3. The minimum atomic E-state index is -4.59. The van der Waals surface area contributed by atoms with Gasteiger partial charge in [-0.1, -0.05) is 6.92 Å². The van der Waals surface area contributed by atoms with Gasteiger partial charge in [0, 0.05) is 30.3 Å². The molecule has 8 heteroatoms. The van der Waals surface area contributed by atoms with Crippen LogP contribution in [0.1, 0.15) is 42.1 Å². The van der Waals surface area contributed by atoms with Gasteiger partial charge < -0.3 is 15.5 Å². The Kier molecular flexibility index (Phi) is 5.22. The third-order valence-corrected chi connectivity index (χ3v) is 4.99. The number of nitrogens with zero attached hydrogens (tertiary/aromatic N) is 1.